The van der Waals surface area contributed by atoms with Gasteiger partial charge >= 0.3 is 12.2 Å². The van der Waals surface area contributed by atoms with Crippen LogP contribution in [0.1, 0.15) is 39.0 Å². The summed E-state index contributed by atoms with van der Waals surface area (Å²) in [5.41, 5.74) is 2.73. The van der Waals surface area contributed by atoms with Crippen LogP contribution in [0.4, 0.5) is 35.3 Å². The molecule has 2 amide bonds. The van der Waals surface area contributed by atoms with Crippen molar-refractivity contribution in [3.63, 3.8) is 0 Å². The molecule has 3 heterocycles. The molecule has 0 spiro atoms. The molecule has 4 rings (SSSR count). The van der Waals surface area contributed by atoms with E-state index in [1.807, 2.05) is 25.1 Å². The second-order valence-corrected chi connectivity index (χ2v) is 8.46. The van der Waals surface area contributed by atoms with Crippen molar-refractivity contribution in [2.45, 2.75) is 45.2 Å². The van der Waals surface area contributed by atoms with Gasteiger partial charge in [-0.15, -0.1) is 0 Å². The highest BCUT2D eigenvalue weighted by atomic mass is 19.4. The summed E-state index contributed by atoms with van der Waals surface area (Å²) in [4.78, 5) is 21.0. The lowest BCUT2D eigenvalue weighted by Gasteiger charge is -2.35. The molecule has 1 atom stereocenters. The zero-order valence-corrected chi connectivity index (χ0v) is 17.6. The van der Waals surface area contributed by atoms with Gasteiger partial charge in [-0.2, -0.15) is 13.2 Å². The SMILES string of the molecule is CC1=CC=C(NC(=O)N2CCCCNc3ccc(N4CCCC(C(F)(F)F)C4)nc32)C1. The number of hydrogen-bond acceptors (Lipinski definition) is 4. The first-order chi connectivity index (χ1) is 14.8. The number of rotatable bonds is 2. The van der Waals surface area contributed by atoms with Gasteiger partial charge in [-0.3, -0.25) is 4.90 Å². The molecule has 0 bridgehead atoms. The Balaban J connectivity index is 1.58. The molecular formula is C22H28F3N5O. The van der Waals surface area contributed by atoms with Crippen molar-refractivity contribution in [1.29, 1.82) is 0 Å². The molecule has 3 aliphatic rings. The average molecular weight is 435 g/mol. The minimum absolute atomic E-state index is 0.104. The Hall–Kier alpha value is -2.71. The van der Waals surface area contributed by atoms with Gasteiger partial charge < -0.3 is 15.5 Å². The predicted molar refractivity (Wildman–Crippen MR) is 115 cm³/mol. The van der Waals surface area contributed by atoms with E-state index < -0.39 is 12.1 Å². The van der Waals surface area contributed by atoms with Gasteiger partial charge in [0, 0.05) is 38.3 Å². The molecule has 1 unspecified atom stereocenters. The lowest BCUT2D eigenvalue weighted by Crippen LogP contribution is -2.43. The molecule has 1 aromatic rings. The van der Waals surface area contributed by atoms with Crippen molar-refractivity contribution in [3.05, 3.63) is 35.6 Å². The molecule has 31 heavy (non-hydrogen) atoms. The van der Waals surface area contributed by atoms with Crippen molar-refractivity contribution in [1.82, 2.24) is 10.3 Å². The molecule has 0 saturated carbocycles. The van der Waals surface area contributed by atoms with Crippen molar-refractivity contribution >= 4 is 23.4 Å². The van der Waals surface area contributed by atoms with Crippen molar-refractivity contribution < 1.29 is 18.0 Å². The Morgan fingerprint density at radius 2 is 2.03 bits per heavy atom. The maximum atomic E-state index is 13.3. The number of allylic oxidation sites excluding steroid dienone is 3. The number of aromatic nitrogens is 1. The zero-order valence-electron chi connectivity index (χ0n) is 17.6. The first-order valence-corrected chi connectivity index (χ1v) is 10.8. The fourth-order valence-corrected chi connectivity index (χ4v) is 4.28. The van der Waals surface area contributed by atoms with E-state index in [0.717, 1.165) is 30.8 Å². The van der Waals surface area contributed by atoms with Gasteiger partial charge in [-0.1, -0.05) is 11.6 Å². The van der Waals surface area contributed by atoms with Crippen LogP contribution in [-0.2, 0) is 0 Å². The smallest absolute Gasteiger partial charge is 0.382 e. The number of nitrogens with zero attached hydrogens (tertiary/aromatic N) is 3. The van der Waals surface area contributed by atoms with Crippen LogP contribution in [0.25, 0.3) is 0 Å². The van der Waals surface area contributed by atoms with E-state index in [-0.39, 0.29) is 19.0 Å². The molecule has 0 aromatic carbocycles. The number of hydrogen-bond donors (Lipinski definition) is 2. The van der Waals surface area contributed by atoms with Gasteiger partial charge in [0.25, 0.3) is 0 Å². The summed E-state index contributed by atoms with van der Waals surface area (Å²) in [6, 6.07) is 3.30. The molecule has 6 nitrogen and oxygen atoms in total. The topological polar surface area (TPSA) is 60.5 Å². The molecule has 1 aliphatic carbocycles. The first kappa shape index (κ1) is 21.5. The number of alkyl halides is 3. The molecule has 168 valence electrons. The Morgan fingerprint density at radius 3 is 2.77 bits per heavy atom. The molecule has 1 saturated heterocycles. The second kappa shape index (κ2) is 8.80. The summed E-state index contributed by atoms with van der Waals surface area (Å²) in [5.74, 6) is -0.412. The molecular weight excluding hydrogens is 407 g/mol. The van der Waals surface area contributed by atoms with Crippen molar-refractivity contribution in [2.24, 2.45) is 5.92 Å². The van der Waals surface area contributed by atoms with Crippen LogP contribution in [0.3, 0.4) is 0 Å². The molecule has 2 N–H and O–H groups in total. The Kier molecular flexibility index (Phi) is 6.11. The highest BCUT2D eigenvalue weighted by molar-refractivity contribution is 5.95. The minimum atomic E-state index is -4.21. The van der Waals surface area contributed by atoms with E-state index >= 15 is 0 Å². The quantitative estimate of drug-likeness (QED) is 0.700. The summed E-state index contributed by atoms with van der Waals surface area (Å²) in [7, 11) is 0. The minimum Gasteiger partial charge on any atom is -0.382 e. The Bertz CT molecular complexity index is 896. The lowest BCUT2D eigenvalue weighted by molar-refractivity contribution is -0.176. The summed E-state index contributed by atoms with van der Waals surface area (Å²) in [6.45, 7) is 3.69. The van der Waals surface area contributed by atoms with Gasteiger partial charge in [-0.25, -0.2) is 9.78 Å². The van der Waals surface area contributed by atoms with Gasteiger partial charge in [0.05, 0.1) is 11.6 Å². The number of fused-ring (bicyclic) bond motifs is 1. The van der Waals surface area contributed by atoms with Crippen LogP contribution in [0.15, 0.2) is 35.6 Å². The largest absolute Gasteiger partial charge is 0.393 e. The van der Waals surface area contributed by atoms with Crippen molar-refractivity contribution in [2.75, 3.05) is 41.3 Å². The van der Waals surface area contributed by atoms with Crippen LogP contribution in [0.2, 0.25) is 0 Å². The molecule has 1 aromatic heterocycles. The summed E-state index contributed by atoms with van der Waals surface area (Å²) < 4.78 is 39.8. The second-order valence-electron chi connectivity index (χ2n) is 8.46. The number of halogens is 3. The van der Waals surface area contributed by atoms with E-state index in [4.69, 9.17) is 0 Å². The number of carbonyl (C=O) groups is 1. The fraction of sp³-hybridized carbons (Fsp3) is 0.545. The maximum absolute atomic E-state index is 13.3. The number of pyridine rings is 1. The summed E-state index contributed by atoms with van der Waals surface area (Å²) in [6.07, 6.45) is 2.68. The zero-order chi connectivity index (χ0) is 22.0. The highest BCUT2D eigenvalue weighted by Gasteiger charge is 2.42. The third-order valence-corrected chi connectivity index (χ3v) is 6.00. The molecule has 0 radical (unpaired) electrons. The Morgan fingerprint density at radius 1 is 1.19 bits per heavy atom. The van der Waals surface area contributed by atoms with Crippen LogP contribution in [-0.4, -0.2) is 43.4 Å². The van der Waals surface area contributed by atoms with Gasteiger partial charge in [0.2, 0.25) is 0 Å². The average Bonchev–Trinajstić information content (AvgIpc) is 3.12. The van der Waals surface area contributed by atoms with E-state index in [2.05, 4.69) is 15.6 Å². The van der Waals surface area contributed by atoms with Crippen LogP contribution < -0.4 is 20.4 Å². The van der Waals surface area contributed by atoms with E-state index in [1.54, 1.807) is 15.9 Å². The third-order valence-electron chi connectivity index (χ3n) is 6.00. The summed E-state index contributed by atoms with van der Waals surface area (Å²) >= 11 is 0. The van der Waals surface area contributed by atoms with Gasteiger partial charge in [0.1, 0.15) is 5.82 Å². The molecule has 2 aliphatic heterocycles. The number of carbonyl (C=O) groups excluding carboxylic acids is 1. The number of amides is 2. The maximum Gasteiger partial charge on any atom is 0.393 e. The number of anilines is 3. The molecule has 1 fully saturated rings. The standard InChI is InChI=1S/C22H28F3N5O/c1-15-6-7-17(13-15)27-21(31)30-12-3-2-10-26-18-8-9-19(28-20(18)30)29-11-4-5-16(14-29)22(23,24)25/h6-9,16,26H,2-5,10-14H2,1H3,(H,27,31). The first-order valence-electron chi connectivity index (χ1n) is 10.8. The highest BCUT2D eigenvalue weighted by Crippen LogP contribution is 2.36. The van der Waals surface area contributed by atoms with E-state index in [9.17, 15) is 18.0 Å². The lowest BCUT2D eigenvalue weighted by atomic mass is 9.97. The number of urea groups is 1. The summed E-state index contributed by atoms with van der Waals surface area (Å²) in [5, 5.41) is 6.27. The van der Waals surface area contributed by atoms with Crippen LogP contribution >= 0.6 is 0 Å². The van der Waals surface area contributed by atoms with Gasteiger partial charge in [0.15, 0.2) is 5.82 Å². The Labute approximate surface area is 180 Å². The van der Waals surface area contributed by atoms with Crippen molar-refractivity contribution in [3.8, 4) is 0 Å². The number of nitrogens with one attached hydrogen (secondary N) is 2. The number of piperidine rings is 1. The molecule has 9 heteroatoms. The van der Waals surface area contributed by atoms with E-state index in [1.165, 1.54) is 5.57 Å². The van der Waals surface area contributed by atoms with E-state index in [0.29, 0.717) is 37.6 Å². The predicted octanol–water partition coefficient (Wildman–Crippen LogP) is 4.82. The fourth-order valence-electron chi connectivity index (χ4n) is 4.28. The normalized spacial score (nSPS) is 22.0. The van der Waals surface area contributed by atoms with Gasteiger partial charge in [-0.05, 0) is 50.8 Å². The monoisotopic (exact) mass is 435 g/mol. The third kappa shape index (κ3) is 4.97. The van der Waals surface area contributed by atoms with Crippen LogP contribution in [0, 0.1) is 5.92 Å². The van der Waals surface area contributed by atoms with Crippen LogP contribution in [0.5, 0.6) is 0 Å².